The minimum atomic E-state index is -2.71. The Labute approximate surface area is 86.0 Å². The van der Waals surface area contributed by atoms with E-state index in [9.17, 15) is 8.42 Å². The molecule has 4 heteroatoms. The van der Waals surface area contributed by atoms with Gasteiger partial charge in [-0.05, 0) is 50.0 Å². The molecular weight excluding hydrogens is 198 g/mol. The van der Waals surface area contributed by atoms with Crippen molar-refractivity contribution in [1.29, 1.82) is 0 Å². The van der Waals surface area contributed by atoms with Crippen LogP contribution in [0.1, 0.15) is 25.7 Å². The van der Waals surface area contributed by atoms with Crippen LogP contribution in [0.4, 0.5) is 0 Å². The van der Waals surface area contributed by atoms with Gasteiger partial charge in [0.05, 0.1) is 11.5 Å². The van der Waals surface area contributed by atoms with E-state index in [0.717, 1.165) is 18.8 Å². The van der Waals surface area contributed by atoms with Crippen LogP contribution in [0, 0.1) is 17.8 Å². The van der Waals surface area contributed by atoms with Gasteiger partial charge in [0, 0.05) is 0 Å². The average Bonchev–Trinajstić information content (AvgIpc) is 2.87. The van der Waals surface area contributed by atoms with E-state index in [1.807, 2.05) is 0 Å². The summed E-state index contributed by atoms with van der Waals surface area (Å²) in [5, 5.41) is 0. The lowest BCUT2D eigenvalue weighted by molar-refractivity contribution is 0.306. The molecule has 2 fully saturated rings. The Kier molecular flexibility index (Phi) is 2.84. The second-order valence-electron chi connectivity index (χ2n) is 4.74. The van der Waals surface area contributed by atoms with Gasteiger partial charge in [0.1, 0.15) is 0 Å². The van der Waals surface area contributed by atoms with Crippen molar-refractivity contribution in [3.63, 3.8) is 0 Å². The summed E-state index contributed by atoms with van der Waals surface area (Å²) in [6.45, 7) is 0.706. The zero-order chi connectivity index (χ0) is 10.2. The molecule has 1 heterocycles. The number of nitrogens with two attached hydrogens (primary N) is 1. The first-order valence-corrected chi connectivity index (χ1v) is 7.35. The fourth-order valence-electron chi connectivity index (χ4n) is 2.73. The Balaban J connectivity index is 1.98. The molecule has 0 aromatic carbocycles. The van der Waals surface area contributed by atoms with Gasteiger partial charge in [-0.25, -0.2) is 8.42 Å². The summed E-state index contributed by atoms with van der Waals surface area (Å²) in [6, 6.07) is 0. The Bertz CT molecular complexity index is 295. The fraction of sp³-hybridized carbons (Fsp3) is 1.00. The average molecular weight is 217 g/mol. The van der Waals surface area contributed by atoms with Crippen LogP contribution in [0.5, 0.6) is 0 Å². The molecule has 2 aliphatic rings. The van der Waals surface area contributed by atoms with Crippen LogP contribution in [-0.4, -0.2) is 26.5 Å². The van der Waals surface area contributed by atoms with Crippen molar-refractivity contribution in [3.05, 3.63) is 0 Å². The Morgan fingerprint density at radius 2 is 1.93 bits per heavy atom. The standard InChI is InChI=1S/C10H19NO2S/c11-5-3-10(8-1-2-8)9-4-6-14(12,13)7-9/h8-10H,1-7,11H2. The number of hydrogen-bond acceptors (Lipinski definition) is 3. The summed E-state index contributed by atoms with van der Waals surface area (Å²) in [7, 11) is -2.71. The van der Waals surface area contributed by atoms with Crippen LogP contribution >= 0.6 is 0 Å². The zero-order valence-electron chi connectivity index (χ0n) is 8.48. The quantitative estimate of drug-likeness (QED) is 0.757. The minimum absolute atomic E-state index is 0.408. The molecule has 1 saturated heterocycles. The van der Waals surface area contributed by atoms with Gasteiger partial charge in [0.25, 0.3) is 0 Å². The molecule has 1 aliphatic carbocycles. The summed E-state index contributed by atoms with van der Waals surface area (Å²) in [5.41, 5.74) is 5.58. The van der Waals surface area contributed by atoms with Crippen molar-refractivity contribution >= 4 is 9.84 Å². The van der Waals surface area contributed by atoms with E-state index in [2.05, 4.69) is 0 Å². The normalized spacial score (nSPS) is 33.1. The van der Waals surface area contributed by atoms with E-state index in [-0.39, 0.29) is 0 Å². The molecule has 0 aromatic heterocycles. The highest BCUT2D eigenvalue weighted by Gasteiger charge is 2.40. The fourth-order valence-corrected chi connectivity index (χ4v) is 4.63. The van der Waals surface area contributed by atoms with Crippen molar-refractivity contribution in [2.75, 3.05) is 18.1 Å². The van der Waals surface area contributed by atoms with Gasteiger partial charge in [-0.1, -0.05) is 0 Å². The van der Waals surface area contributed by atoms with E-state index in [1.54, 1.807) is 0 Å². The van der Waals surface area contributed by atoms with Crippen LogP contribution in [0.15, 0.2) is 0 Å². The summed E-state index contributed by atoms with van der Waals surface area (Å²) in [6.07, 6.45) is 4.48. The highest BCUT2D eigenvalue weighted by atomic mass is 32.2. The smallest absolute Gasteiger partial charge is 0.150 e. The van der Waals surface area contributed by atoms with E-state index < -0.39 is 9.84 Å². The predicted molar refractivity (Wildman–Crippen MR) is 56.6 cm³/mol. The molecule has 0 aromatic rings. The molecule has 14 heavy (non-hydrogen) atoms. The maximum atomic E-state index is 11.4. The molecule has 0 bridgehead atoms. The molecule has 0 amide bonds. The van der Waals surface area contributed by atoms with Crippen LogP contribution in [0.3, 0.4) is 0 Å². The highest BCUT2D eigenvalue weighted by Crippen LogP contribution is 2.45. The second kappa shape index (κ2) is 3.81. The van der Waals surface area contributed by atoms with Crippen molar-refractivity contribution in [1.82, 2.24) is 0 Å². The first-order chi connectivity index (χ1) is 6.62. The zero-order valence-corrected chi connectivity index (χ0v) is 9.30. The van der Waals surface area contributed by atoms with Gasteiger partial charge in [-0.15, -0.1) is 0 Å². The van der Waals surface area contributed by atoms with Crippen molar-refractivity contribution in [3.8, 4) is 0 Å². The SMILES string of the molecule is NCCC(C1CC1)C1CCS(=O)(=O)C1. The van der Waals surface area contributed by atoms with Gasteiger partial charge in [-0.3, -0.25) is 0 Å². The van der Waals surface area contributed by atoms with E-state index in [1.165, 1.54) is 12.8 Å². The lowest BCUT2D eigenvalue weighted by Gasteiger charge is -2.21. The third kappa shape index (κ3) is 2.28. The first kappa shape index (κ1) is 10.4. The molecule has 0 radical (unpaired) electrons. The molecule has 2 unspecified atom stereocenters. The molecule has 1 saturated carbocycles. The minimum Gasteiger partial charge on any atom is -0.330 e. The predicted octanol–water partition coefficient (Wildman–Crippen LogP) is 0.796. The number of sulfone groups is 1. The maximum Gasteiger partial charge on any atom is 0.150 e. The molecule has 3 nitrogen and oxygen atoms in total. The Morgan fingerprint density at radius 3 is 2.36 bits per heavy atom. The highest BCUT2D eigenvalue weighted by molar-refractivity contribution is 7.91. The molecule has 2 rings (SSSR count). The number of rotatable bonds is 4. The van der Waals surface area contributed by atoms with Gasteiger partial charge in [0.2, 0.25) is 0 Å². The summed E-state index contributed by atoms with van der Waals surface area (Å²) < 4.78 is 22.7. The van der Waals surface area contributed by atoms with E-state index in [4.69, 9.17) is 5.73 Å². The van der Waals surface area contributed by atoms with E-state index >= 15 is 0 Å². The molecule has 1 aliphatic heterocycles. The van der Waals surface area contributed by atoms with Crippen LogP contribution < -0.4 is 5.73 Å². The Morgan fingerprint density at radius 1 is 1.21 bits per heavy atom. The lowest BCUT2D eigenvalue weighted by atomic mass is 9.85. The molecule has 82 valence electrons. The first-order valence-electron chi connectivity index (χ1n) is 5.53. The third-order valence-corrected chi connectivity index (χ3v) is 5.39. The van der Waals surface area contributed by atoms with Crippen molar-refractivity contribution in [2.24, 2.45) is 23.5 Å². The van der Waals surface area contributed by atoms with Crippen molar-refractivity contribution < 1.29 is 8.42 Å². The summed E-state index contributed by atoms with van der Waals surface area (Å²) in [4.78, 5) is 0. The van der Waals surface area contributed by atoms with Crippen LogP contribution in [0.2, 0.25) is 0 Å². The maximum absolute atomic E-state index is 11.4. The van der Waals surface area contributed by atoms with Gasteiger partial charge in [0.15, 0.2) is 9.84 Å². The summed E-state index contributed by atoms with van der Waals surface area (Å²) in [5.74, 6) is 2.63. The van der Waals surface area contributed by atoms with Gasteiger partial charge < -0.3 is 5.73 Å². The van der Waals surface area contributed by atoms with Gasteiger partial charge >= 0.3 is 0 Å². The molecule has 2 atom stereocenters. The largest absolute Gasteiger partial charge is 0.330 e. The third-order valence-electron chi connectivity index (χ3n) is 3.60. The van der Waals surface area contributed by atoms with E-state index in [0.29, 0.717) is 29.9 Å². The summed E-state index contributed by atoms with van der Waals surface area (Å²) >= 11 is 0. The molecule has 2 N–H and O–H groups in total. The van der Waals surface area contributed by atoms with Crippen LogP contribution in [-0.2, 0) is 9.84 Å². The lowest BCUT2D eigenvalue weighted by Crippen LogP contribution is -2.21. The van der Waals surface area contributed by atoms with Crippen LogP contribution in [0.25, 0.3) is 0 Å². The number of hydrogen-bond donors (Lipinski definition) is 1. The second-order valence-corrected chi connectivity index (χ2v) is 6.97. The van der Waals surface area contributed by atoms with Gasteiger partial charge in [-0.2, -0.15) is 0 Å². The molecular formula is C10H19NO2S. The monoisotopic (exact) mass is 217 g/mol. The molecule has 0 spiro atoms. The Hall–Kier alpha value is -0.0900. The van der Waals surface area contributed by atoms with Crippen molar-refractivity contribution in [2.45, 2.75) is 25.7 Å². The topological polar surface area (TPSA) is 60.2 Å².